The van der Waals surface area contributed by atoms with Crippen molar-refractivity contribution in [2.45, 2.75) is 13.8 Å². The molecule has 142 valence electrons. The zero-order valence-electron chi connectivity index (χ0n) is 16.4. The van der Waals surface area contributed by atoms with Crippen LogP contribution in [0.5, 0.6) is 0 Å². The molecule has 0 N–H and O–H groups in total. The van der Waals surface area contributed by atoms with E-state index < -0.39 is 0 Å². The summed E-state index contributed by atoms with van der Waals surface area (Å²) in [5.74, 6) is -0.195. The van der Waals surface area contributed by atoms with Gasteiger partial charge in [0.25, 0.3) is 11.8 Å². The van der Waals surface area contributed by atoms with E-state index in [2.05, 4.69) is 0 Å². The predicted molar refractivity (Wildman–Crippen MR) is 114 cm³/mol. The number of hydrogen-bond acceptors (Lipinski definition) is 2. The Labute approximate surface area is 166 Å². The molecule has 0 spiro atoms. The molecule has 2 amide bonds. The lowest BCUT2D eigenvalue weighted by Crippen LogP contribution is -2.31. The Kier molecular flexibility index (Phi) is 5.90. The third-order valence-electron chi connectivity index (χ3n) is 4.70. The van der Waals surface area contributed by atoms with Gasteiger partial charge in [0.1, 0.15) is 0 Å². The Morgan fingerprint density at radius 3 is 1.89 bits per heavy atom. The number of aryl methyl sites for hydroxylation is 1. The summed E-state index contributed by atoms with van der Waals surface area (Å²) in [6.45, 7) is 4.53. The molecule has 28 heavy (non-hydrogen) atoms. The molecule has 4 nitrogen and oxygen atoms in total. The highest BCUT2D eigenvalue weighted by Crippen LogP contribution is 2.20. The molecule has 3 rings (SSSR count). The Morgan fingerprint density at radius 1 is 0.750 bits per heavy atom. The second-order valence-electron chi connectivity index (χ2n) is 6.67. The van der Waals surface area contributed by atoms with E-state index in [0.29, 0.717) is 17.7 Å². The maximum atomic E-state index is 13.0. The SMILES string of the molecule is CCN(C(=O)c1ccc(C(=O)N(C)c2ccccc2)cc1)c1cccc(C)c1. The number of benzene rings is 3. The molecule has 0 saturated carbocycles. The van der Waals surface area contributed by atoms with Gasteiger partial charge in [0.15, 0.2) is 0 Å². The van der Waals surface area contributed by atoms with Crippen LogP contribution in [0.3, 0.4) is 0 Å². The highest BCUT2D eigenvalue weighted by atomic mass is 16.2. The van der Waals surface area contributed by atoms with Gasteiger partial charge in [0, 0.05) is 36.1 Å². The summed E-state index contributed by atoms with van der Waals surface area (Å²) < 4.78 is 0. The van der Waals surface area contributed by atoms with Gasteiger partial charge in [0.2, 0.25) is 0 Å². The molecule has 3 aromatic rings. The van der Waals surface area contributed by atoms with E-state index in [4.69, 9.17) is 0 Å². The van der Waals surface area contributed by atoms with Gasteiger partial charge in [-0.2, -0.15) is 0 Å². The number of carbonyl (C=O) groups excluding carboxylic acids is 2. The molecular weight excluding hydrogens is 348 g/mol. The number of rotatable bonds is 5. The molecule has 0 aliphatic rings. The molecule has 0 radical (unpaired) electrons. The number of anilines is 2. The smallest absolute Gasteiger partial charge is 0.258 e. The fourth-order valence-electron chi connectivity index (χ4n) is 3.11. The minimum atomic E-state index is -0.115. The van der Waals surface area contributed by atoms with Crippen molar-refractivity contribution in [3.05, 3.63) is 95.6 Å². The first-order chi connectivity index (χ1) is 13.5. The average Bonchev–Trinajstić information content (AvgIpc) is 2.74. The molecule has 0 aromatic heterocycles. The minimum Gasteiger partial charge on any atom is -0.311 e. The molecule has 0 unspecified atom stereocenters. The van der Waals surface area contributed by atoms with Crippen molar-refractivity contribution in [3.8, 4) is 0 Å². The summed E-state index contributed by atoms with van der Waals surface area (Å²) in [4.78, 5) is 29.0. The van der Waals surface area contributed by atoms with Crippen molar-refractivity contribution < 1.29 is 9.59 Å². The zero-order chi connectivity index (χ0) is 20.1. The topological polar surface area (TPSA) is 40.6 Å². The molecular formula is C24H24N2O2. The fourth-order valence-corrected chi connectivity index (χ4v) is 3.11. The largest absolute Gasteiger partial charge is 0.311 e. The van der Waals surface area contributed by atoms with E-state index >= 15 is 0 Å². The quantitative estimate of drug-likeness (QED) is 0.637. The Balaban J connectivity index is 1.79. The number of carbonyl (C=O) groups is 2. The van der Waals surface area contributed by atoms with Crippen molar-refractivity contribution >= 4 is 23.2 Å². The van der Waals surface area contributed by atoms with Crippen LogP contribution in [-0.4, -0.2) is 25.4 Å². The van der Waals surface area contributed by atoms with Crippen LogP contribution in [0.2, 0.25) is 0 Å². The van der Waals surface area contributed by atoms with Crippen molar-refractivity contribution in [2.75, 3.05) is 23.4 Å². The third kappa shape index (κ3) is 4.12. The van der Waals surface area contributed by atoms with Crippen LogP contribution in [0, 0.1) is 6.92 Å². The lowest BCUT2D eigenvalue weighted by Gasteiger charge is -2.22. The van der Waals surface area contributed by atoms with Gasteiger partial charge in [-0.1, -0.05) is 30.3 Å². The van der Waals surface area contributed by atoms with Crippen molar-refractivity contribution in [1.29, 1.82) is 0 Å². The van der Waals surface area contributed by atoms with Crippen LogP contribution in [0.25, 0.3) is 0 Å². The standard InChI is InChI=1S/C24H24N2O2/c1-4-26(22-12-8-9-18(2)17-22)24(28)20-15-13-19(14-16-20)23(27)25(3)21-10-6-5-7-11-21/h5-17H,4H2,1-3H3. The van der Waals surface area contributed by atoms with Gasteiger partial charge < -0.3 is 9.80 Å². The Hall–Kier alpha value is -3.40. The third-order valence-corrected chi connectivity index (χ3v) is 4.70. The monoisotopic (exact) mass is 372 g/mol. The van der Waals surface area contributed by atoms with Gasteiger partial charge in [-0.25, -0.2) is 0 Å². The second kappa shape index (κ2) is 8.53. The first-order valence-corrected chi connectivity index (χ1v) is 9.33. The fraction of sp³-hybridized carbons (Fsp3) is 0.167. The first kappa shape index (κ1) is 19.4. The molecule has 0 heterocycles. The van der Waals surface area contributed by atoms with Gasteiger partial charge in [-0.05, 0) is 67.9 Å². The van der Waals surface area contributed by atoms with E-state index in [9.17, 15) is 9.59 Å². The van der Waals surface area contributed by atoms with Crippen LogP contribution in [0.4, 0.5) is 11.4 Å². The zero-order valence-corrected chi connectivity index (χ0v) is 16.4. The lowest BCUT2D eigenvalue weighted by molar-refractivity contribution is 0.0979. The first-order valence-electron chi connectivity index (χ1n) is 9.33. The number of nitrogens with zero attached hydrogens (tertiary/aromatic N) is 2. The van der Waals surface area contributed by atoms with E-state index in [1.807, 2.05) is 68.4 Å². The van der Waals surface area contributed by atoms with Gasteiger partial charge in [-0.15, -0.1) is 0 Å². The summed E-state index contributed by atoms with van der Waals surface area (Å²) in [6.07, 6.45) is 0. The van der Waals surface area contributed by atoms with Crippen molar-refractivity contribution in [2.24, 2.45) is 0 Å². The molecule has 0 aliphatic heterocycles. The van der Waals surface area contributed by atoms with Crippen LogP contribution >= 0.6 is 0 Å². The summed E-state index contributed by atoms with van der Waals surface area (Å²) in [5, 5.41) is 0. The number of para-hydroxylation sites is 1. The van der Waals surface area contributed by atoms with Crippen molar-refractivity contribution in [3.63, 3.8) is 0 Å². The van der Waals surface area contributed by atoms with Gasteiger partial charge in [-0.3, -0.25) is 9.59 Å². The molecule has 4 heteroatoms. The van der Waals surface area contributed by atoms with E-state index in [-0.39, 0.29) is 11.8 Å². The maximum Gasteiger partial charge on any atom is 0.258 e. The number of hydrogen-bond donors (Lipinski definition) is 0. The molecule has 0 fully saturated rings. The predicted octanol–water partition coefficient (Wildman–Crippen LogP) is 4.94. The van der Waals surface area contributed by atoms with Crippen LogP contribution in [0.15, 0.2) is 78.9 Å². The average molecular weight is 372 g/mol. The summed E-state index contributed by atoms with van der Waals surface area (Å²) in [7, 11) is 1.74. The summed E-state index contributed by atoms with van der Waals surface area (Å²) >= 11 is 0. The molecule has 0 saturated heterocycles. The highest BCUT2D eigenvalue weighted by Gasteiger charge is 2.18. The number of amides is 2. The maximum absolute atomic E-state index is 13.0. The van der Waals surface area contributed by atoms with E-state index in [1.54, 1.807) is 41.1 Å². The molecule has 0 bridgehead atoms. The van der Waals surface area contributed by atoms with E-state index in [1.165, 1.54) is 0 Å². The Bertz CT molecular complexity index is 965. The summed E-state index contributed by atoms with van der Waals surface area (Å²) in [6, 6.07) is 24.2. The van der Waals surface area contributed by atoms with Crippen LogP contribution in [0.1, 0.15) is 33.2 Å². The second-order valence-corrected chi connectivity index (χ2v) is 6.67. The lowest BCUT2D eigenvalue weighted by atomic mass is 10.1. The molecule has 3 aromatic carbocycles. The molecule has 0 aliphatic carbocycles. The Morgan fingerprint density at radius 2 is 1.32 bits per heavy atom. The van der Waals surface area contributed by atoms with Gasteiger partial charge in [0.05, 0.1) is 0 Å². The summed E-state index contributed by atoms with van der Waals surface area (Å²) in [5.41, 5.74) is 3.90. The minimum absolute atomic E-state index is 0.0801. The van der Waals surface area contributed by atoms with Crippen LogP contribution < -0.4 is 9.80 Å². The van der Waals surface area contributed by atoms with Gasteiger partial charge >= 0.3 is 0 Å². The van der Waals surface area contributed by atoms with E-state index in [0.717, 1.165) is 16.9 Å². The molecule has 0 atom stereocenters. The normalized spacial score (nSPS) is 10.4. The van der Waals surface area contributed by atoms with Crippen LogP contribution in [-0.2, 0) is 0 Å². The van der Waals surface area contributed by atoms with Crippen molar-refractivity contribution in [1.82, 2.24) is 0 Å². The highest BCUT2D eigenvalue weighted by molar-refractivity contribution is 6.08.